The maximum atomic E-state index is 4.33. The van der Waals surface area contributed by atoms with Crippen LogP contribution in [-0.4, -0.2) is 18.3 Å². The van der Waals surface area contributed by atoms with E-state index in [-0.39, 0.29) is 0 Å². The van der Waals surface area contributed by atoms with Crippen molar-refractivity contribution in [3.05, 3.63) is 0 Å². The second kappa shape index (κ2) is 9.40. The predicted octanol–water partition coefficient (Wildman–Crippen LogP) is 2.86. The highest BCUT2D eigenvalue weighted by Crippen LogP contribution is 2.01. The van der Waals surface area contributed by atoms with Crippen molar-refractivity contribution in [2.45, 2.75) is 51.2 Å². The molecular formula is C10H23NS. The van der Waals surface area contributed by atoms with Gasteiger partial charge in [0, 0.05) is 0 Å². The smallest absolute Gasteiger partial charge is 0.00111 e. The van der Waals surface area contributed by atoms with Crippen LogP contribution in [0.5, 0.6) is 0 Å². The van der Waals surface area contributed by atoms with E-state index in [1.807, 2.05) is 0 Å². The predicted molar refractivity (Wildman–Crippen MR) is 60.1 cm³/mol. The highest BCUT2D eigenvalue weighted by molar-refractivity contribution is 7.80. The van der Waals surface area contributed by atoms with Gasteiger partial charge in [0.1, 0.15) is 0 Å². The van der Waals surface area contributed by atoms with Crippen molar-refractivity contribution in [2.75, 3.05) is 13.1 Å². The monoisotopic (exact) mass is 189 g/mol. The van der Waals surface area contributed by atoms with Crippen molar-refractivity contribution in [1.29, 1.82) is 0 Å². The van der Waals surface area contributed by atoms with E-state index < -0.39 is 0 Å². The molecule has 1 unspecified atom stereocenters. The molecule has 0 aromatic rings. The van der Waals surface area contributed by atoms with Crippen LogP contribution >= 0.6 is 12.6 Å². The molecule has 1 nitrogen and oxygen atoms in total. The quantitative estimate of drug-likeness (QED) is 0.442. The molecule has 0 bridgehead atoms. The molecule has 0 spiro atoms. The fourth-order valence-corrected chi connectivity index (χ4v) is 1.33. The molecule has 0 heterocycles. The Hall–Kier alpha value is 0.310. The summed E-state index contributed by atoms with van der Waals surface area (Å²) in [5.41, 5.74) is 0. The Morgan fingerprint density at radius 3 is 2.42 bits per heavy atom. The lowest BCUT2D eigenvalue weighted by Crippen LogP contribution is -2.17. The number of rotatable bonds is 8. The summed E-state index contributed by atoms with van der Waals surface area (Å²) in [6.07, 6.45) is 6.49. The van der Waals surface area contributed by atoms with Gasteiger partial charge < -0.3 is 5.32 Å². The summed E-state index contributed by atoms with van der Waals surface area (Å²) in [5.74, 6) is 0. The van der Waals surface area contributed by atoms with E-state index in [4.69, 9.17) is 0 Å². The first-order chi connectivity index (χ1) is 5.77. The van der Waals surface area contributed by atoms with Gasteiger partial charge in [-0.3, -0.25) is 0 Å². The topological polar surface area (TPSA) is 12.0 Å². The first-order valence-electron chi connectivity index (χ1n) is 5.16. The third kappa shape index (κ3) is 10.3. The average molecular weight is 189 g/mol. The first-order valence-corrected chi connectivity index (χ1v) is 5.67. The lowest BCUT2D eigenvalue weighted by molar-refractivity contribution is 0.586. The van der Waals surface area contributed by atoms with Crippen molar-refractivity contribution < 1.29 is 0 Å². The van der Waals surface area contributed by atoms with E-state index in [1.54, 1.807) is 0 Å². The van der Waals surface area contributed by atoms with Crippen LogP contribution in [-0.2, 0) is 0 Å². The summed E-state index contributed by atoms with van der Waals surface area (Å²) in [6.45, 7) is 6.74. The molecule has 0 fully saturated rings. The molecule has 0 radical (unpaired) electrons. The maximum absolute atomic E-state index is 4.33. The summed E-state index contributed by atoms with van der Waals surface area (Å²) in [6, 6.07) is 0. The first kappa shape index (κ1) is 12.3. The van der Waals surface area contributed by atoms with Crippen LogP contribution in [0.4, 0.5) is 0 Å². The molecule has 0 aliphatic carbocycles. The minimum atomic E-state index is 0.558. The van der Waals surface area contributed by atoms with Crippen LogP contribution in [0.25, 0.3) is 0 Å². The summed E-state index contributed by atoms with van der Waals surface area (Å²) < 4.78 is 0. The Bertz CT molecular complexity index is 83.9. The van der Waals surface area contributed by atoms with Crippen molar-refractivity contribution in [3.8, 4) is 0 Å². The van der Waals surface area contributed by atoms with Gasteiger partial charge in [-0.2, -0.15) is 12.6 Å². The van der Waals surface area contributed by atoms with E-state index in [0.717, 1.165) is 6.54 Å². The van der Waals surface area contributed by atoms with E-state index in [2.05, 4.69) is 31.8 Å². The van der Waals surface area contributed by atoms with E-state index in [0.29, 0.717) is 5.25 Å². The van der Waals surface area contributed by atoms with Crippen molar-refractivity contribution in [1.82, 2.24) is 5.32 Å². The van der Waals surface area contributed by atoms with Gasteiger partial charge in [0.05, 0.1) is 0 Å². The van der Waals surface area contributed by atoms with Crippen LogP contribution < -0.4 is 5.32 Å². The fourth-order valence-electron chi connectivity index (χ4n) is 1.15. The third-order valence-electron chi connectivity index (χ3n) is 1.93. The van der Waals surface area contributed by atoms with Gasteiger partial charge in [-0.05, 0) is 37.6 Å². The van der Waals surface area contributed by atoms with Gasteiger partial charge in [0.2, 0.25) is 0 Å². The van der Waals surface area contributed by atoms with Crippen LogP contribution in [0.1, 0.15) is 46.0 Å². The van der Waals surface area contributed by atoms with Crippen LogP contribution in [0.2, 0.25) is 0 Å². The summed E-state index contributed by atoms with van der Waals surface area (Å²) in [4.78, 5) is 0. The Morgan fingerprint density at radius 2 is 1.83 bits per heavy atom. The average Bonchev–Trinajstić information content (AvgIpc) is 2.02. The number of hydrogen-bond acceptors (Lipinski definition) is 2. The molecule has 0 aliphatic heterocycles. The maximum Gasteiger partial charge on any atom is -0.00111 e. The second-order valence-corrected chi connectivity index (χ2v) is 4.33. The van der Waals surface area contributed by atoms with Gasteiger partial charge in [-0.1, -0.05) is 26.7 Å². The lowest BCUT2D eigenvalue weighted by atomic mass is 10.2. The zero-order valence-electron chi connectivity index (χ0n) is 8.47. The Morgan fingerprint density at radius 1 is 1.17 bits per heavy atom. The van der Waals surface area contributed by atoms with Crippen LogP contribution in [0.3, 0.4) is 0 Å². The lowest BCUT2D eigenvalue weighted by Gasteiger charge is -2.05. The Balaban J connectivity index is 2.82. The molecule has 0 aliphatic rings. The Kier molecular flexibility index (Phi) is 9.64. The molecule has 0 amide bonds. The molecule has 0 saturated heterocycles. The Labute approximate surface area is 82.7 Å². The standard InChI is InChI=1S/C10H23NS/c1-3-4-5-8-11-9-6-7-10(2)12/h10-12H,3-9H2,1-2H3. The van der Waals surface area contributed by atoms with Gasteiger partial charge in [-0.15, -0.1) is 0 Å². The highest BCUT2D eigenvalue weighted by Gasteiger charge is 1.93. The molecular weight excluding hydrogens is 166 g/mol. The molecule has 0 aromatic carbocycles. The van der Waals surface area contributed by atoms with Crippen molar-refractivity contribution in [3.63, 3.8) is 0 Å². The van der Waals surface area contributed by atoms with E-state index in [9.17, 15) is 0 Å². The zero-order valence-corrected chi connectivity index (χ0v) is 9.37. The molecule has 2 heteroatoms. The highest BCUT2D eigenvalue weighted by atomic mass is 32.1. The number of unbranched alkanes of at least 4 members (excludes halogenated alkanes) is 2. The minimum Gasteiger partial charge on any atom is -0.317 e. The minimum absolute atomic E-state index is 0.558. The van der Waals surface area contributed by atoms with Gasteiger partial charge in [0.25, 0.3) is 0 Å². The fraction of sp³-hybridized carbons (Fsp3) is 1.00. The number of nitrogens with one attached hydrogen (secondary N) is 1. The third-order valence-corrected chi connectivity index (χ3v) is 2.19. The second-order valence-electron chi connectivity index (χ2n) is 3.45. The largest absolute Gasteiger partial charge is 0.317 e. The molecule has 0 rings (SSSR count). The van der Waals surface area contributed by atoms with E-state index >= 15 is 0 Å². The molecule has 1 atom stereocenters. The molecule has 12 heavy (non-hydrogen) atoms. The normalized spacial score (nSPS) is 13.2. The number of hydrogen-bond donors (Lipinski definition) is 2. The summed E-state index contributed by atoms with van der Waals surface area (Å²) >= 11 is 4.33. The van der Waals surface area contributed by atoms with Crippen molar-refractivity contribution >= 4 is 12.6 Å². The van der Waals surface area contributed by atoms with Crippen molar-refractivity contribution in [2.24, 2.45) is 0 Å². The van der Waals surface area contributed by atoms with Gasteiger partial charge in [0.15, 0.2) is 0 Å². The summed E-state index contributed by atoms with van der Waals surface area (Å²) in [7, 11) is 0. The zero-order chi connectivity index (χ0) is 9.23. The molecule has 0 saturated carbocycles. The number of thiol groups is 1. The summed E-state index contributed by atoms with van der Waals surface area (Å²) in [5, 5.41) is 4.00. The molecule has 74 valence electrons. The van der Waals surface area contributed by atoms with E-state index in [1.165, 1.54) is 38.6 Å². The molecule has 0 aromatic heterocycles. The van der Waals surface area contributed by atoms with Crippen LogP contribution in [0, 0.1) is 0 Å². The SMILES string of the molecule is CCCCCNCCCC(C)S. The van der Waals surface area contributed by atoms with Crippen LogP contribution in [0.15, 0.2) is 0 Å². The van der Waals surface area contributed by atoms with Gasteiger partial charge in [-0.25, -0.2) is 0 Å². The van der Waals surface area contributed by atoms with Gasteiger partial charge >= 0.3 is 0 Å². The molecule has 1 N–H and O–H groups in total.